The third-order valence-corrected chi connectivity index (χ3v) is 1.79. The summed E-state index contributed by atoms with van der Waals surface area (Å²) in [6, 6.07) is 0. The third-order valence-electron chi connectivity index (χ3n) is 1.79. The fourth-order valence-electron chi connectivity index (χ4n) is 1.06. The van der Waals surface area contributed by atoms with Gasteiger partial charge in [0.05, 0.1) is 12.6 Å². The van der Waals surface area contributed by atoms with Gasteiger partial charge in [-0.3, -0.25) is 10.1 Å². The van der Waals surface area contributed by atoms with Crippen molar-refractivity contribution in [2.24, 2.45) is 0 Å². The molecule has 1 aromatic heterocycles. The standard InChI is InChI=1S/C10H13N3O4/c1-2-5-17-10(16)13-9-11-6-7(12-9)3-4-8(14)15/h2,6H,1,3-5H2,(H,14,15)(H2,11,12,13,16). The molecule has 0 aromatic carbocycles. The fourth-order valence-corrected chi connectivity index (χ4v) is 1.06. The van der Waals surface area contributed by atoms with Gasteiger partial charge in [0.1, 0.15) is 6.61 Å². The number of carboxylic acids is 1. The van der Waals surface area contributed by atoms with Crippen molar-refractivity contribution in [3.8, 4) is 0 Å². The molecule has 1 rings (SSSR count). The molecule has 7 heteroatoms. The van der Waals surface area contributed by atoms with Crippen LogP contribution < -0.4 is 5.32 Å². The quantitative estimate of drug-likeness (QED) is 0.646. The predicted octanol–water partition coefficient (Wildman–Crippen LogP) is 1.16. The van der Waals surface area contributed by atoms with Crippen LogP contribution in [0.4, 0.5) is 10.7 Å². The molecule has 0 unspecified atom stereocenters. The van der Waals surface area contributed by atoms with Crippen molar-refractivity contribution in [2.45, 2.75) is 12.8 Å². The van der Waals surface area contributed by atoms with E-state index in [1.807, 2.05) is 0 Å². The van der Waals surface area contributed by atoms with Crippen LogP contribution in [0.5, 0.6) is 0 Å². The van der Waals surface area contributed by atoms with Gasteiger partial charge in [-0.15, -0.1) is 0 Å². The molecule has 0 spiro atoms. The number of carbonyl (C=O) groups is 2. The van der Waals surface area contributed by atoms with E-state index in [0.717, 1.165) is 0 Å². The van der Waals surface area contributed by atoms with Crippen LogP contribution in [0.2, 0.25) is 0 Å². The zero-order valence-corrected chi connectivity index (χ0v) is 9.10. The molecular weight excluding hydrogens is 226 g/mol. The average molecular weight is 239 g/mol. The highest BCUT2D eigenvalue weighted by molar-refractivity contribution is 5.82. The number of nitrogens with zero attached hydrogens (tertiary/aromatic N) is 1. The van der Waals surface area contributed by atoms with Gasteiger partial charge in [0.25, 0.3) is 0 Å². The first-order valence-electron chi connectivity index (χ1n) is 4.92. The summed E-state index contributed by atoms with van der Waals surface area (Å²) in [4.78, 5) is 28.1. The van der Waals surface area contributed by atoms with Crippen molar-refractivity contribution in [3.63, 3.8) is 0 Å². The first-order chi connectivity index (χ1) is 8.11. The van der Waals surface area contributed by atoms with E-state index < -0.39 is 12.1 Å². The number of anilines is 1. The summed E-state index contributed by atoms with van der Waals surface area (Å²) >= 11 is 0. The highest BCUT2D eigenvalue weighted by Crippen LogP contribution is 2.05. The number of carbonyl (C=O) groups excluding carboxylic acids is 1. The van der Waals surface area contributed by atoms with Crippen molar-refractivity contribution >= 4 is 18.0 Å². The van der Waals surface area contributed by atoms with Crippen molar-refractivity contribution < 1.29 is 19.4 Å². The van der Waals surface area contributed by atoms with E-state index >= 15 is 0 Å². The summed E-state index contributed by atoms with van der Waals surface area (Å²) in [6.45, 7) is 3.51. The number of hydrogen-bond donors (Lipinski definition) is 3. The normalized spacial score (nSPS) is 9.65. The number of H-pyrrole nitrogens is 1. The largest absolute Gasteiger partial charge is 0.481 e. The highest BCUT2D eigenvalue weighted by atomic mass is 16.5. The van der Waals surface area contributed by atoms with Crippen LogP contribution >= 0.6 is 0 Å². The Morgan fingerprint density at radius 3 is 3.06 bits per heavy atom. The fraction of sp³-hybridized carbons (Fsp3) is 0.300. The van der Waals surface area contributed by atoms with Crippen LogP contribution in [-0.4, -0.2) is 33.7 Å². The van der Waals surface area contributed by atoms with Gasteiger partial charge in [0, 0.05) is 5.69 Å². The number of aryl methyl sites for hydroxylation is 1. The van der Waals surface area contributed by atoms with Crippen LogP contribution in [0.25, 0.3) is 0 Å². The number of aliphatic carboxylic acids is 1. The van der Waals surface area contributed by atoms with Crippen molar-refractivity contribution in [1.29, 1.82) is 0 Å². The number of amides is 1. The predicted molar refractivity (Wildman–Crippen MR) is 59.7 cm³/mol. The maximum atomic E-state index is 11.1. The van der Waals surface area contributed by atoms with Crippen molar-refractivity contribution in [2.75, 3.05) is 11.9 Å². The Morgan fingerprint density at radius 1 is 1.65 bits per heavy atom. The van der Waals surface area contributed by atoms with Gasteiger partial charge in [-0.05, 0) is 6.42 Å². The molecule has 1 amide bonds. The van der Waals surface area contributed by atoms with Gasteiger partial charge < -0.3 is 14.8 Å². The molecule has 0 atom stereocenters. The molecule has 1 aromatic rings. The van der Waals surface area contributed by atoms with Crippen molar-refractivity contribution in [1.82, 2.24) is 9.97 Å². The second-order valence-electron chi connectivity index (χ2n) is 3.16. The summed E-state index contributed by atoms with van der Waals surface area (Å²) in [5.41, 5.74) is 0.631. The number of rotatable bonds is 6. The number of carboxylic acid groups (broad SMARTS) is 1. The lowest BCUT2D eigenvalue weighted by atomic mass is 10.2. The molecule has 0 saturated carbocycles. The second kappa shape index (κ2) is 6.31. The first kappa shape index (κ1) is 12.8. The number of aromatic nitrogens is 2. The highest BCUT2D eigenvalue weighted by Gasteiger charge is 2.07. The van der Waals surface area contributed by atoms with Gasteiger partial charge >= 0.3 is 12.1 Å². The van der Waals surface area contributed by atoms with Gasteiger partial charge in [-0.2, -0.15) is 0 Å². The lowest BCUT2D eigenvalue weighted by molar-refractivity contribution is -0.136. The molecule has 0 bridgehead atoms. The molecule has 0 fully saturated rings. The Kier molecular flexibility index (Phi) is 4.74. The molecular formula is C10H13N3O4. The van der Waals surface area contributed by atoms with Gasteiger partial charge in [-0.25, -0.2) is 9.78 Å². The molecule has 0 radical (unpaired) electrons. The molecule has 0 aliphatic heterocycles. The summed E-state index contributed by atoms with van der Waals surface area (Å²) in [7, 11) is 0. The van der Waals surface area contributed by atoms with Crippen LogP contribution in [0.15, 0.2) is 18.9 Å². The Labute approximate surface area is 97.5 Å². The monoisotopic (exact) mass is 239 g/mol. The lowest BCUT2D eigenvalue weighted by Gasteiger charge is -2.01. The van der Waals surface area contributed by atoms with Gasteiger partial charge in [0.15, 0.2) is 0 Å². The van der Waals surface area contributed by atoms with Gasteiger partial charge in [-0.1, -0.05) is 12.7 Å². The number of hydrogen-bond acceptors (Lipinski definition) is 4. The molecule has 0 saturated heterocycles. The van der Waals surface area contributed by atoms with E-state index in [4.69, 9.17) is 5.11 Å². The van der Waals surface area contributed by atoms with Crippen LogP contribution in [0, 0.1) is 0 Å². The maximum absolute atomic E-state index is 11.1. The second-order valence-corrected chi connectivity index (χ2v) is 3.16. The Morgan fingerprint density at radius 2 is 2.41 bits per heavy atom. The van der Waals surface area contributed by atoms with Crippen LogP contribution in [-0.2, 0) is 16.0 Å². The lowest BCUT2D eigenvalue weighted by Crippen LogP contribution is -2.14. The van der Waals surface area contributed by atoms with E-state index in [1.54, 1.807) is 0 Å². The smallest absolute Gasteiger partial charge is 0.414 e. The minimum Gasteiger partial charge on any atom is -0.481 e. The molecule has 0 aliphatic carbocycles. The van der Waals surface area contributed by atoms with E-state index in [-0.39, 0.29) is 19.0 Å². The number of nitrogens with one attached hydrogen (secondary N) is 2. The molecule has 17 heavy (non-hydrogen) atoms. The minimum absolute atomic E-state index is 0.00252. The zero-order valence-electron chi connectivity index (χ0n) is 9.10. The molecule has 3 N–H and O–H groups in total. The number of aromatic amines is 1. The zero-order chi connectivity index (χ0) is 12.7. The van der Waals surface area contributed by atoms with E-state index in [1.165, 1.54) is 12.3 Å². The summed E-state index contributed by atoms with van der Waals surface area (Å²) in [5.74, 6) is -0.668. The minimum atomic E-state index is -0.889. The third kappa shape index (κ3) is 4.83. The van der Waals surface area contributed by atoms with Crippen LogP contribution in [0.3, 0.4) is 0 Å². The van der Waals surface area contributed by atoms with Gasteiger partial charge in [0.2, 0.25) is 5.95 Å². The summed E-state index contributed by atoms with van der Waals surface area (Å²) in [5, 5.41) is 10.9. The first-order valence-corrected chi connectivity index (χ1v) is 4.92. The Bertz CT molecular complexity index is 413. The summed E-state index contributed by atoms with van der Waals surface area (Å²) < 4.78 is 4.68. The van der Waals surface area contributed by atoms with E-state index in [0.29, 0.717) is 12.1 Å². The average Bonchev–Trinajstić information content (AvgIpc) is 2.71. The topological polar surface area (TPSA) is 104 Å². The molecule has 0 aliphatic rings. The number of imidazole rings is 1. The van der Waals surface area contributed by atoms with E-state index in [9.17, 15) is 9.59 Å². The summed E-state index contributed by atoms with van der Waals surface area (Å²) in [6.07, 6.45) is 2.59. The molecule has 92 valence electrons. The van der Waals surface area contributed by atoms with Crippen LogP contribution in [0.1, 0.15) is 12.1 Å². The number of ether oxygens (including phenoxy) is 1. The maximum Gasteiger partial charge on any atom is 0.414 e. The molecule has 7 nitrogen and oxygen atoms in total. The molecule has 1 heterocycles. The van der Waals surface area contributed by atoms with Crippen molar-refractivity contribution in [3.05, 3.63) is 24.5 Å². The van der Waals surface area contributed by atoms with E-state index in [2.05, 4.69) is 26.6 Å². The SMILES string of the molecule is C=CCOC(=O)Nc1ncc(CCC(=O)O)[nH]1. The Balaban J connectivity index is 2.42. The Hall–Kier alpha value is -2.31.